The molecule has 80 valence electrons. The van der Waals surface area contributed by atoms with E-state index in [2.05, 4.69) is 39.3 Å². The molecule has 1 heterocycles. The highest BCUT2D eigenvalue weighted by Gasteiger charge is 2.07. The summed E-state index contributed by atoms with van der Waals surface area (Å²) in [7, 11) is 0. The molecule has 1 aromatic heterocycles. The number of ether oxygens (including phenoxy) is 1. The Morgan fingerprint density at radius 3 is 2.93 bits per heavy atom. The third-order valence-corrected chi connectivity index (χ3v) is 2.97. The van der Waals surface area contributed by atoms with Gasteiger partial charge in [-0.05, 0) is 35.9 Å². The first-order chi connectivity index (χ1) is 6.79. The molecule has 0 atom stereocenters. The minimum atomic E-state index is 0.679. The number of halogens is 1. The number of rotatable bonds is 6. The first-order valence-electron chi connectivity index (χ1n) is 5.07. The van der Waals surface area contributed by atoms with Gasteiger partial charge in [0.15, 0.2) is 0 Å². The Morgan fingerprint density at radius 1 is 1.50 bits per heavy atom. The van der Waals surface area contributed by atoms with E-state index in [1.807, 2.05) is 13.1 Å². The number of nitrogens with zero attached hydrogens (tertiary/aromatic N) is 2. The number of unbranched alkanes of at least 4 members (excludes halogenated alkanes) is 1. The lowest BCUT2D eigenvalue weighted by Crippen LogP contribution is -2.07. The minimum Gasteiger partial charge on any atom is -0.375 e. The van der Waals surface area contributed by atoms with Crippen LogP contribution in [0, 0.1) is 3.57 Å². The maximum atomic E-state index is 5.41. The first-order valence-corrected chi connectivity index (χ1v) is 6.15. The third kappa shape index (κ3) is 3.24. The molecule has 1 rings (SSSR count). The van der Waals surface area contributed by atoms with Crippen LogP contribution in [-0.4, -0.2) is 16.4 Å². The average molecular weight is 308 g/mol. The molecular formula is C10H17IN2O. The molecule has 0 saturated heterocycles. The predicted octanol–water partition coefficient (Wildman–Crippen LogP) is 2.82. The molecule has 0 aromatic carbocycles. The Bertz CT molecular complexity index is 273. The number of hydrogen-bond acceptors (Lipinski definition) is 2. The molecule has 0 aliphatic carbocycles. The Kier molecular flexibility index (Phi) is 5.47. The van der Waals surface area contributed by atoms with Crippen LogP contribution >= 0.6 is 22.6 Å². The quantitative estimate of drug-likeness (QED) is 0.756. The zero-order valence-corrected chi connectivity index (χ0v) is 11.0. The van der Waals surface area contributed by atoms with Crippen LogP contribution in [0.15, 0.2) is 6.20 Å². The molecule has 4 heteroatoms. The van der Waals surface area contributed by atoms with Gasteiger partial charge in [0.1, 0.15) is 0 Å². The van der Waals surface area contributed by atoms with E-state index in [0.717, 1.165) is 13.2 Å². The van der Waals surface area contributed by atoms with Crippen molar-refractivity contribution in [1.82, 2.24) is 9.78 Å². The predicted molar refractivity (Wildman–Crippen MR) is 65.2 cm³/mol. The van der Waals surface area contributed by atoms with Crippen LogP contribution in [0.2, 0.25) is 0 Å². The fraction of sp³-hybridized carbons (Fsp3) is 0.700. The standard InChI is InChI=1S/C10H17IN2O/c1-3-5-6-13-10(8-14-4-2)9(11)7-12-13/h7H,3-6,8H2,1-2H3. The van der Waals surface area contributed by atoms with Crippen molar-refractivity contribution < 1.29 is 4.74 Å². The van der Waals surface area contributed by atoms with Gasteiger partial charge in [-0.2, -0.15) is 5.10 Å². The van der Waals surface area contributed by atoms with Crippen LogP contribution in [0.1, 0.15) is 32.4 Å². The summed E-state index contributed by atoms with van der Waals surface area (Å²) >= 11 is 2.31. The van der Waals surface area contributed by atoms with Crippen LogP contribution in [0.5, 0.6) is 0 Å². The highest BCUT2D eigenvalue weighted by molar-refractivity contribution is 14.1. The summed E-state index contributed by atoms with van der Waals surface area (Å²) in [4.78, 5) is 0. The van der Waals surface area contributed by atoms with Crippen molar-refractivity contribution in [3.8, 4) is 0 Å². The van der Waals surface area contributed by atoms with Crippen molar-refractivity contribution in [3.05, 3.63) is 15.5 Å². The zero-order chi connectivity index (χ0) is 10.4. The highest BCUT2D eigenvalue weighted by Crippen LogP contribution is 2.13. The molecule has 0 unspecified atom stereocenters. The molecule has 0 aliphatic heterocycles. The molecule has 0 saturated carbocycles. The normalized spacial score (nSPS) is 10.8. The summed E-state index contributed by atoms with van der Waals surface area (Å²) in [5.41, 5.74) is 1.21. The first kappa shape index (κ1) is 12.0. The van der Waals surface area contributed by atoms with Gasteiger partial charge < -0.3 is 4.74 Å². The van der Waals surface area contributed by atoms with E-state index in [1.54, 1.807) is 0 Å². The van der Waals surface area contributed by atoms with Crippen molar-refractivity contribution in [1.29, 1.82) is 0 Å². The molecule has 0 bridgehead atoms. The largest absolute Gasteiger partial charge is 0.375 e. The second kappa shape index (κ2) is 6.40. The van der Waals surface area contributed by atoms with E-state index in [-0.39, 0.29) is 0 Å². The van der Waals surface area contributed by atoms with Gasteiger partial charge in [0.25, 0.3) is 0 Å². The van der Waals surface area contributed by atoms with Crippen molar-refractivity contribution in [2.45, 2.75) is 39.8 Å². The Morgan fingerprint density at radius 2 is 2.29 bits per heavy atom. The van der Waals surface area contributed by atoms with Crippen LogP contribution < -0.4 is 0 Å². The van der Waals surface area contributed by atoms with Gasteiger partial charge in [-0.15, -0.1) is 0 Å². The van der Waals surface area contributed by atoms with E-state index < -0.39 is 0 Å². The Hall–Kier alpha value is -0.100. The Labute approximate surface area is 99.0 Å². The summed E-state index contributed by atoms with van der Waals surface area (Å²) in [5.74, 6) is 0. The van der Waals surface area contributed by atoms with E-state index in [9.17, 15) is 0 Å². The fourth-order valence-electron chi connectivity index (χ4n) is 1.23. The maximum Gasteiger partial charge on any atom is 0.0895 e. The number of aryl methyl sites for hydroxylation is 1. The molecule has 0 amide bonds. The van der Waals surface area contributed by atoms with Crippen molar-refractivity contribution in [2.75, 3.05) is 6.61 Å². The average Bonchev–Trinajstić information content (AvgIpc) is 2.53. The van der Waals surface area contributed by atoms with Gasteiger partial charge in [0.2, 0.25) is 0 Å². The second-order valence-electron chi connectivity index (χ2n) is 3.15. The van der Waals surface area contributed by atoms with Gasteiger partial charge in [0.05, 0.1) is 22.1 Å². The molecule has 1 aromatic rings. The molecule has 0 N–H and O–H groups in total. The molecular weight excluding hydrogens is 291 g/mol. The lowest BCUT2D eigenvalue weighted by atomic mass is 10.3. The monoisotopic (exact) mass is 308 g/mol. The molecule has 14 heavy (non-hydrogen) atoms. The lowest BCUT2D eigenvalue weighted by molar-refractivity contribution is 0.127. The number of aromatic nitrogens is 2. The van der Waals surface area contributed by atoms with Crippen molar-refractivity contribution in [2.24, 2.45) is 0 Å². The van der Waals surface area contributed by atoms with Crippen LogP contribution in [0.4, 0.5) is 0 Å². The fourth-order valence-corrected chi connectivity index (χ4v) is 1.79. The lowest BCUT2D eigenvalue weighted by Gasteiger charge is -2.07. The topological polar surface area (TPSA) is 27.1 Å². The highest BCUT2D eigenvalue weighted by atomic mass is 127. The molecule has 0 spiro atoms. The van der Waals surface area contributed by atoms with Crippen molar-refractivity contribution >= 4 is 22.6 Å². The number of hydrogen-bond donors (Lipinski definition) is 0. The van der Waals surface area contributed by atoms with E-state index >= 15 is 0 Å². The van der Waals surface area contributed by atoms with Gasteiger partial charge in [-0.25, -0.2) is 0 Å². The maximum absolute atomic E-state index is 5.41. The molecule has 3 nitrogen and oxygen atoms in total. The third-order valence-electron chi connectivity index (χ3n) is 2.06. The Balaban J connectivity index is 2.62. The minimum absolute atomic E-state index is 0.679. The summed E-state index contributed by atoms with van der Waals surface area (Å²) in [6.07, 6.45) is 4.28. The van der Waals surface area contributed by atoms with Crippen molar-refractivity contribution in [3.63, 3.8) is 0 Å². The summed E-state index contributed by atoms with van der Waals surface area (Å²) in [5, 5.41) is 4.34. The van der Waals surface area contributed by atoms with Gasteiger partial charge in [0, 0.05) is 13.2 Å². The molecule has 0 radical (unpaired) electrons. The van der Waals surface area contributed by atoms with E-state index in [1.165, 1.54) is 22.1 Å². The molecule has 0 fully saturated rings. The van der Waals surface area contributed by atoms with Gasteiger partial charge >= 0.3 is 0 Å². The summed E-state index contributed by atoms with van der Waals surface area (Å²) < 4.78 is 8.67. The van der Waals surface area contributed by atoms with Crippen LogP contribution in [0.25, 0.3) is 0 Å². The summed E-state index contributed by atoms with van der Waals surface area (Å²) in [6, 6.07) is 0. The van der Waals surface area contributed by atoms with E-state index in [0.29, 0.717) is 6.61 Å². The smallest absolute Gasteiger partial charge is 0.0895 e. The zero-order valence-electron chi connectivity index (χ0n) is 8.79. The van der Waals surface area contributed by atoms with Gasteiger partial charge in [-0.1, -0.05) is 13.3 Å². The second-order valence-corrected chi connectivity index (χ2v) is 4.32. The van der Waals surface area contributed by atoms with Crippen LogP contribution in [-0.2, 0) is 17.9 Å². The molecule has 0 aliphatic rings. The van der Waals surface area contributed by atoms with Crippen LogP contribution in [0.3, 0.4) is 0 Å². The SMILES string of the molecule is CCCCn1ncc(I)c1COCC. The van der Waals surface area contributed by atoms with E-state index in [4.69, 9.17) is 4.74 Å². The summed E-state index contributed by atoms with van der Waals surface area (Å²) in [6.45, 7) is 6.64. The van der Waals surface area contributed by atoms with Gasteiger partial charge in [-0.3, -0.25) is 4.68 Å².